The summed E-state index contributed by atoms with van der Waals surface area (Å²) < 4.78 is 18.7. The number of para-hydroxylation sites is 1. The van der Waals surface area contributed by atoms with E-state index in [1.165, 1.54) is 18.2 Å². The van der Waals surface area contributed by atoms with Gasteiger partial charge in [-0.05, 0) is 31.2 Å². The van der Waals surface area contributed by atoms with E-state index in [0.29, 0.717) is 11.1 Å². The Morgan fingerprint density at radius 3 is 2.65 bits per heavy atom. The lowest BCUT2D eigenvalue weighted by molar-refractivity contribution is 0.101. The van der Waals surface area contributed by atoms with Gasteiger partial charge in [-0.15, -0.1) is 0 Å². The van der Waals surface area contributed by atoms with Crippen LogP contribution in [0.2, 0.25) is 5.02 Å². The van der Waals surface area contributed by atoms with Crippen LogP contribution in [0.1, 0.15) is 21.7 Å². The normalized spacial score (nSPS) is 10.9. The van der Waals surface area contributed by atoms with Crippen LogP contribution in [0.3, 0.4) is 0 Å². The molecule has 0 unspecified atom stereocenters. The molecule has 2 aromatic carbocycles. The zero-order chi connectivity index (χ0) is 14.3. The third-order valence-electron chi connectivity index (χ3n) is 3.23. The van der Waals surface area contributed by atoms with Gasteiger partial charge in [-0.1, -0.05) is 29.8 Å². The maximum absolute atomic E-state index is 13.1. The predicted octanol–water partition coefficient (Wildman–Crippen LogP) is 4.76. The quantitative estimate of drug-likeness (QED) is 0.636. The molecular weight excluding hydrogens is 279 g/mol. The standard InChI is InChI=1S/C16H10ClFO2/c1-9-11-4-2-3-5-14(11)20-16(9)15(19)10-6-7-13(18)12(17)8-10/h2-8H,1H3. The molecule has 100 valence electrons. The molecule has 0 aliphatic rings. The van der Waals surface area contributed by atoms with Gasteiger partial charge < -0.3 is 4.42 Å². The van der Waals surface area contributed by atoms with Crippen molar-refractivity contribution in [2.24, 2.45) is 0 Å². The summed E-state index contributed by atoms with van der Waals surface area (Å²) in [4.78, 5) is 12.4. The molecule has 0 saturated carbocycles. The minimum Gasteiger partial charge on any atom is -0.452 e. The lowest BCUT2D eigenvalue weighted by Crippen LogP contribution is -2.01. The van der Waals surface area contributed by atoms with Crippen LogP contribution in [0.15, 0.2) is 46.9 Å². The number of carbonyl (C=O) groups is 1. The summed E-state index contributed by atoms with van der Waals surface area (Å²) in [6.45, 7) is 1.82. The molecule has 0 amide bonds. The molecule has 3 aromatic rings. The van der Waals surface area contributed by atoms with Crippen molar-refractivity contribution in [1.82, 2.24) is 0 Å². The largest absolute Gasteiger partial charge is 0.452 e. The van der Waals surface area contributed by atoms with Crippen LogP contribution in [0.5, 0.6) is 0 Å². The van der Waals surface area contributed by atoms with Crippen molar-refractivity contribution in [1.29, 1.82) is 0 Å². The van der Waals surface area contributed by atoms with Gasteiger partial charge >= 0.3 is 0 Å². The van der Waals surface area contributed by atoms with Crippen molar-refractivity contribution in [3.8, 4) is 0 Å². The number of furan rings is 1. The summed E-state index contributed by atoms with van der Waals surface area (Å²) in [7, 11) is 0. The van der Waals surface area contributed by atoms with Gasteiger partial charge in [0, 0.05) is 16.5 Å². The first-order chi connectivity index (χ1) is 9.58. The number of benzene rings is 2. The van der Waals surface area contributed by atoms with E-state index in [-0.39, 0.29) is 16.6 Å². The Labute approximate surface area is 119 Å². The lowest BCUT2D eigenvalue weighted by Gasteiger charge is -2.00. The van der Waals surface area contributed by atoms with Crippen molar-refractivity contribution < 1.29 is 13.6 Å². The van der Waals surface area contributed by atoms with E-state index in [1.54, 1.807) is 6.07 Å². The van der Waals surface area contributed by atoms with Crippen LogP contribution in [0.25, 0.3) is 11.0 Å². The number of halogens is 2. The van der Waals surface area contributed by atoms with Gasteiger partial charge in [0.05, 0.1) is 5.02 Å². The Hall–Kier alpha value is -2.13. The van der Waals surface area contributed by atoms with Gasteiger partial charge in [0.1, 0.15) is 11.4 Å². The molecule has 1 aromatic heterocycles. The molecule has 1 heterocycles. The zero-order valence-electron chi connectivity index (χ0n) is 10.6. The van der Waals surface area contributed by atoms with Crippen LogP contribution in [-0.4, -0.2) is 5.78 Å². The average Bonchev–Trinajstić information content (AvgIpc) is 2.79. The van der Waals surface area contributed by atoms with E-state index < -0.39 is 5.82 Å². The number of ketones is 1. The number of hydrogen-bond acceptors (Lipinski definition) is 2. The van der Waals surface area contributed by atoms with E-state index in [4.69, 9.17) is 16.0 Å². The Morgan fingerprint density at radius 1 is 1.20 bits per heavy atom. The van der Waals surface area contributed by atoms with Gasteiger partial charge in [0.25, 0.3) is 0 Å². The molecule has 0 aliphatic carbocycles. The predicted molar refractivity (Wildman–Crippen MR) is 75.8 cm³/mol. The first-order valence-corrected chi connectivity index (χ1v) is 6.43. The van der Waals surface area contributed by atoms with Gasteiger partial charge in [0.2, 0.25) is 5.78 Å². The Morgan fingerprint density at radius 2 is 1.95 bits per heavy atom. The monoisotopic (exact) mass is 288 g/mol. The van der Waals surface area contributed by atoms with Crippen molar-refractivity contribution in [2.45, 2.75) is 6.92 Å². The van der Waals surface area contributed by atoms with Crippen LogP contribution in [-0.2, 0) is 0 Å². The molecule has 4 heteroatoms. The molecule has 0 radical (unpaired) electrons. The summed E-state index contributed by atoms with van der Waals surface area (Å²) in [5.74, 6) is -0.598. The second-order valence-electron chi connectivity index (χ2n) is 4.51. The Bertz CT molecular complexity index is 820. The molecule has 0 aliphatic heterocycles. The van der Waals surface area contributed by atoms with Crippen molar-refractivity contribution in [3.05, 3.63) is 70.2 Å². The first kappa shape index (κ1) is 12.9. The van der Waals surface area contributed by atoms with Crippen molar-refractivity contribution >= 4 is 28.4 Å². The van der Waals surface area contributed by atoms with Crippen LogP contribution in [0.4, 0.5) is 4.39 Å². The SMILES string of the molecule is Cc1c(C(=O)c2ccc(F)c(Cl)c2)oc2ccccc12. The molecule has 3 rings (SSSR count). The fourth-order valence-electron chi connectivity index (χ4n) is 2.16. The molecule has 0 atom stereocenters. The van der Waals surface area contributed by atoms with E-state index in [9.17, 15) is 9.18 Å². The third-order valence-corrected chi connectivity index (χ3v) is 3.52. The number of carbonyl (C=O) groups excluding carboxylic acids is 1. The topological polar surface area (TPSA) is 30.2 Å². The van der Waals surface area contributed by atoms with E-state index in [1.807, 2.05) is 25.1 Å². The fourth-order valence-corrected chi connectivity index (χ4v) is 2.34. The second-order valence-corrected chi connectivity index (χ2v) is 4.92. The van der Waals surface area contributed by atoms with E-state index in [0.717, 1.165) is 10.9 Å². The maximum atomic E-state index is 13.1. The minimum absolute atomic E-state index is 0.0791. The van der Waals surface area contributed by atoms with Crippen LogP contribution < -0.4 is 0 Å². The number of rotatable bonds is 2. The van der Waals surface area contributed by atoms with Crippen LogP contribution >= 0.6 is 11.6 Å². The molecule has 0 spiro atoms. The zero-order valence-corrected chi connectivity index (χ0v) is 11.4. The van der Waals surface area contributed by atoms with E-state index >= 15 is 0 Å². The van der Waals surface area contributed by atoms with Gasteiger partial charge in [-0.2, -0.15) is 0 Å². The highest BCUT2D eigenvalue weighted by atomic mass is 35.5. The molecule has 2 nitrogen and oxygen atoms in total. The smallest absolute Gasteiger partial charge is 0.228 e. The third kappa shape index (κ3) is 2.00. The molecule has 20 heavy (non-hydrogen) atoms. The van der Waals surface area contributed by atoms with E-state index in [2.05, 4.69) is 0 Å². The van der Waals surface area contributed by atoms with Crippen molar-refractivity contribution in [2.75, 3.05) is 0 Å². The first-order valence-electron chi connectivity index (χ1n) is 6.06. The Kier molecular flexibility index (Phi) is 3.07. The Balaban J connectivity index is 2.12. The minimum atomic E-state index is -0.551. The summed E-state index contributed by atoms with van der Waals surface area (Å²) in [5.41, 5.74) is 1.73. The lowest BCUT2D eigenvalue weighted by atomic mass is 10.0. The average molecular weight is 289 g/mol. The van der Waals surface area contributed by atoms with Gasteiger partial charge in [0.15, 0.2) is 5.76 Å². The number of fused-ring (bicyclic) bond motifs is 1. The molecule has 0 N–H and O–H groups in total. The summed E-state index contributed by atoms with van der Waals surface area (Å²) >= 11 is 5.71. The maximum Gasteiger partial charge on any atom is 0.228 e. The van der Waals surface area contributed by atoms with Gasteiger partial charge in [-0.3, -0.25) is 4.79 Å². The highest BCUT2D eigenvalue weighted by molar-refractivity contribution is 6.31. The van der Waals surface area contributed by atoms with Crippen LogP contribution in [0, 0.1) is 12.7 Å². The molecular formula is C16H10ClFO2. The molecule has 0 saturated heterocycles. The second kappa shape index (κ2) is 4.76. The fraction of sp³-hybridized carbons (Fsp3) is 0.0625. The van der Waals surface area contributed by atoms with Crippen molar-refractivity contribution in [3.63, 3.8) is 0 Å². The number of aryl methyl sites for hydroxylation is 1. The highest BCUT2D eigenvalue weighted by Crippen LogP contribution is 2.27. The molecule has 0 fully saturated rings. The number of hydrogen-bond donors (Lipinski definition) is 0. The highest BCUT2D eigenvalue weighted by Gasteiger charge is 2.19. The summed E-state index contributed by atoms with van der Waals surface area (Å²) in [5, 5.41) is 0.814. The molecule has 0 bridgehead atoms. The summed E-state index contributed by atoms with van der Waals surface area (Å²) in [6, 6.07) is 11.3. The van der Waals surface area contributed by atoms with Gasteiger partial charge in [-0.25, -0.2) is 4.39 Å². The summed E-state index contributed by atoms with van der Waals surface area (Å²) in [6.07, 6.45) is 0.